The minimum Gasteiger partial charge on any atom is -0.351 e. The summed E-state index contributed by atoms with van der Waals surface area (Å²) in [5.74, 6) is 0.787. The van der Waals surface area contributed by atoms with E-state index >= 15 is 0 Å². The number of nitrogens with one attached hydrogen (secondary N) is 2. The molecule has 0 saturated heterocycles. The Morgan fingerprint density at radius 1 is 1.83 bits per heavy atom. The zero-order valence-electron chi connectivity index (χ0n) is 7.89. The highest BCUT2D eigenvalue weighted by molar-refractivity contribution is 5.86. The van der Waals surface area contributed by atoms with E-state index in [2.05, 4.69) is 34.7 Å². The maximum absolute atomic E-state index is 4.21. The van der Waals surface area contributed by atoms with Crippen molar-refractivity contribution in [2.45, 2.75) is 33.2 Å². The van der Waals surface area contributed by atoms with Crippen LogP contribution in [0.1, 0.15) is 27.2 Å². The molecule has 1 heterocycles. The van der Waals surface area contributed by atoms with Gasteiger partial charge in [-0.05, 0) is 20.3 Å². The fourth-order valence-electron chi connectivity index (χ4n) is 0.848. The lowest BCUT2D eigenvalue weighted by Crippen LogP contribution is -2.35. The van der Waals surface area contributed by atoms with Crippen molar-refractivity contribution in [2.75, 3.05) is 6.54 Å². The van der Waals surface area contributed by atoms with Gasteiger partial charge in [-0.1, -0.05) is 6.92 Å². The second kappa shape index (κ2) is 4.09. The van der Waals surface area contributed by atoms with Gasteiger partial charge in [0.15, 0.2) is 0 Å². The molecule has 0 aromatic rings. The molecule has 1 aliphatic heterocycles. The van der Waals surface area contributed by atoms with Gasteiger partial charge in [0.05, 0.1) is 6.54 Å². The summed E-state index contributed by atoms with van der Waals surface area (Å²) in [4.78, 5) is 4.21. The normalized spacial score (nSPS) is 23.4. The molecule has 1 aliphatic rings. The molecule has 1 rings (SSSR count). The van der Waals surface area contributed by atoms with E-state index in [1.807, 2.05) is 6.92 Å². The summed E-state index contributed by atoms with van der Waals surface area (Å²) in [6, 6.07) is 0.435. The van der Waals surface area contributed by atoms with Crippen LogP contribution in [0.2, 0.25) is 0 Å². The summed E-state index contributed by atoms with van der Waals surface area (Å²) >= 11 is 0. The Morgan fingerprint density at radius 2 is 2.58 bits per heavy atom. The Kier molecular flexibility index (Phi) is 3.08. The van der Waals surface area contributed by atoms with Gasteiger partial charge in [0.25, 0.3) is 0 Å². The van der Waals surface area contributed by atoms with Gasteiger partial charge in [-0.25, -0.2) is 10.4 Å². The zero-order chi connectivity index (χ0) is 8.97. The standard InChI is InChI=1S/C8H16N4/c1-4-6(2)11-12-8-9-5-7(3)10-8/h7H,4-5H2,1-3H3,(H2,9,10,12)/b11-6+. The molecule has 0 bridgehead atoms. The SMILES string of the molecule is CC/C(C)=N/NC1=NCC(C)N1. The third kappa shape index (κ3) is 2.53. The number of rotatable bonds is 2. The van der Waals surface area contributed by atoms with Gasteiger partial charge in [-0.3, -0.25) is 0 Å². The Hall–Kier alpha value is -1.06. The van der Waals surface area contributed by atoms with Crippen LogP contribution in [-0.2, 0) is 0 Å². The topological polar surface area (TPSA) is 48.8 Å². The molecule has 0 aromatic carbocycles. The first-order valence-corrected chi connectivity index (χ1v) is 4.32. The number of nitrogens with zero attached hydrogens (tertiary/aromatic N) is 2. The molecule has 68 valence electrons. The van der Waals surface area contributed by atoms with E-state index in [4.69, 9.17) is 0 Å². The average Bonchev–Trinajstić information content (AvgIpc) is 2.47. The van der Waals surface area contributed by atoms with Crippen LogP contribution in [0.25, 0.3) is 0 Å². The van der Waals surface area contributed by atoms with Gasteiger partial charge in [0, 0.05) is 11.8 Å². The van der Waals surface area contributed by atoms with Crippen molar-refractivity contribution in [1.29, 1.82) is 0 Å². The van der Waals surface area contributed by atoms with E-state index in [1.165, 1.54) is 0 Å². The van der Waals surface area contributed by atoms with Gasteiger partial charge in [-0.2, -0.15) is 5.10 Å². The Bertz CT molecular complexity index is 207. The number of hydrogen-bond donors (Lipinski definition) is 2. The van der Waals surface area contributed by atoms with E-state index in [-0.39, 0.29) is 0 Å². The molecular weight excluding hydrogens is 152 g/mol. The van der Waals surface area contributed by atoms with Crippen molar-refractivity contribution in [3.63, 3.8) is 0 Å². The molecule has 12 heavy (non-hydrogen) atoms. The largest absolute Gasteiger partial charge is 0.351 e. The van der Waals surface area contributed by atoms with Crippen LogP contribution < -0.4 is 10.7 Å². The molecule has 4 nitrogen and oxygen atoms in total. The maximum atomic E-state index is 4.21. The van der Waals surface area contributed by atoms with Crippen molar-refractivity contribution < 1.29 is 0 Å². The van der Waals surface area contributed by atoms with E-state index in [9.17, 15) is 0 Å². The minimum atomic E-state index is 0.435. The number of guanidine groups is 1. The first kappa shape index (κ1) is 9.03. The van der Waals surface area contributed by atoms with Crippen molar-refractivity contribution in [1.82, 2.24) is 10.7 Å². The number of aliphatic imine (C=N–C) groups is 1. The second-order valence-electron chi connectivity index (χ2n) is 3.05. The highest BCUT2D eigenvalue weighted by Crippen LogP contribution is 1.92. The van der Waals surface area contributed by atoms with Gasteiger partial charge in [0.2, 0.25) is 5.96 Å². The lowest BCUT2D eigenvalue weighted by molar-refractivity contribution is 0.716. The molecule has 0 aliphatic carbocycles. The molecular formula is C8H16N4. The predicted molar refractivity (Wildman–Crippen MR) is 51.4 cm³/mol. The van der Waals surface area contributed by atoms with Crippen molar-refractivity contribution in [3.05, 3.63) is 0 Å². The second-order valence-corrected chi connectivity index (χ2v) is 3.05. The molecule has 1 atom stereocenters. The Labute approximate surface area is 73.1 Å². The van der Waals surface area contributed by atoms with Crippen LogP contribution in [0.4, 0.5) is 0 Å². The predicted octanol–water partition coefficient (Wildman–Crippen LogP) is 0.710. The first-order valence-electron chi connectivity index (χ1n) is 4.32. The summed E-state index contributed by atoms with van der Waals surface area (Å²) in [5, 5.41) is 7.30. The summed E-state index contributed by atoms with van der Waals surface area (Å²) in [5.41, 5.74) is 3.97. The summed E-state index contributed by atoms with van der Waals surface area (Å²) in [7, 11) is 0. The summed E-state index contributed by atoms with van der Waals surface area (Å²) in [6.07, 6.45) is 0.968. The fourth-order valence-corrected chi connectivity index (χ4v) is 0.848. The summed E-state index contributed by atoms with van der Waals surface area (Å²) in [6.45, 7) is 7.00. The van der Waals surface area contributed by atoms with Crippen molar-refractivity contribution in [2.24, 2.45) is 10.1 Å². The molecule has 0 fully saturated rings. The smallest absolute Gasteiger partial charge is 0.212 e. The van der Waals surface area contributed by atoms with Crippen LogP contribution in [0.3, 0.4) is 0 Å². The lowest BCUT2D eigenvalue weighted by atomic mass is 10.3. The molecule has 2 N–H and O–H groups in total. The first-order chi connectivity index (χ1) is 5.72. The van der Waals surface area contributed by atoms with Crippen molar-refractivity contribution >= 4 is 11.7 Å². The lowest BCUT2D eigenvalue weighted by Gasteiger charge is -2.04. The molecule has 1 unspecified atom stereocenters. The van der Waals surface area contributed by atoms with Gasteiger partial charge < -0.3 is 5.32 Å². The fraction of sp³-hybridized carbons (Fsp3) is 0.750. The molecule has 0 amide bonds. The highest BCUT2D eigenvalue weighted by Gasteiger charge is 2.10. The van der Waals surface area contributed by atoms with Gasteiger partial charge >= 0.3 is 0 Å². The summed E-state index contributed by atoms with van der Waals surface area (Å²) < 4.78 is 0. The number of hydrogen-bond acceptors (Lipinski definition) is 4. The van der Waals surface area contributed by atoms with Crippen molar-refractivity contribution in [3.8, 4) is 0 Å². The quantitative estimate of drug-likeness (QED) is 0.471. The molecule has 0 spiro atoms. The maximum Gasteiger partial charge on any atom is 0.212 e. The molecule has 0 saturated carbocycles. The molecule has 0 aromatic heterocycles. The zero-order valence-corrected chi connectivity index (χ0v) is 7.89. The number of hydrazone groups is 1. The van der Waals surface area contributed by atoms with Crippen LogP contribution in [0, 0.1) is 0 Å². The third-order valence-electron chi connectivity index (χ3n) is 1.77. The monoisotopic (exact) mass is 168 g/mol. The van der Waals surface area contributed by atoms with Crippen LogP contribution in [0.5, 0.6) is 0 Å². The Morgan fingerprint density at radius 3 is 3.08 bits per heavy atom. The van der Waals surface area contributed by atoms with E-state index in [0.717, 1.165) is 24.6 Å². The minimum absolute atomic E-state index is 0.435. The third-order valence-corrected chi connectivity index (χ3v) is 1.77. The van der Waals surface area contributed by atoms with Crippen LogP contribution in [0.15, 0.2) is 10.1 Å². The van der Waals surface area contributed by atoms with Crippen LogP contribution >= 0.6 is 0 Å². The highest BCUT2D eigenvalue weighted by atomic mass is 15.4. The van der Waals surface area contributed by atoms with Gasteiger partial charge in [-0.15, -0.1) is 0 Å². The van der Waals surface area contributed by atoms with E-state index in [0.29, 0.717) is 6.04 Å². The average molecular weight is 168 g/mol. The molecule has 4 heteroatoms. The van der Waals surface area contributed by atoms with E-state index in [1.54, 1.807) is 0 Å². The van der Waals surface area contributed by atoms with Gasteiger partial charge in [0.1, 0.15) is 0 Å². The Balaban J connectivity index is 2.33. The van der Waals surface area contributed by atoms with Crippen LogP contribution in [-0.4, -0.2) is 24.3 Å². The molecule has 0 radical (unpaired) electrons. The van der Waals surface area contributed by atoms with E-state index < -0.39 is 0 Å².